The molecule has 1 unspecified atom stereocenters. The molecule has 1 aliphatic heterocycles. The molecule has 1 heterocycles. The summed E-state index contributed by atoms with van der Waals surface area (Å²) >= 11 is 5.74. The lowest BCUT2D eigenvalue weighted by Gasteiger charge is -2.09. The molecular formula is C12H14ClNO3. The van der Waals surface area contributed by atoms with Gasteiger partial charge in [-0.2, -0.15) is 0 Å². The van der Waals surface area contributed by atoms with Crippen molar-refractivity contribution in [2.75, 3.05) is 20.1 Å². The van der Waals surface area contributed by atoms with Crippen molar-refractivity contribution in [1.82, 2.24) is 0 Å². The highest BCUT2D eigenvalue weighted by Gasteiger charge is 2.23. The van der Waals surface area contributed by atoms with Crippen LogP contribution in [-0.2, 0) is 4.84 Å². The summed E-state index contributed by atoms with van der Waals surface area (Å²) in [5.74, 6) is 1.94. The molecule has 1 aromatic carbocycles. The largest absolute Gasteiger partial charge is 0.497 e. The summed E-state index contributed by atoms with van der Waals surface area (Å²) in [5.41, 5.74) is 1.73. The van der Waals surface area contributed by atoms with E-state index in [2.05, 4.69) is 5.16 Å². The number of halogens is 1. The Hall–Kier alpha value is -1.42. The van der Waals surface area contributed by atoms with Gasteiger partial charge in [0.05, 0.1) is 25.8 Å². The van der Waals surface area contributed by atoms with Gasteiger partial charge in [-0.25, -0.2) is 0 Å². The van der Waals surface area contributed by atoms with Crippen molar-refractivity contribution in [3.05, 3.63) is 23.8 Å². The molecule has 0 spiro atoms. The van der Waals surface area contributed by atoms with E-state index in [0.717, 1.165) is 22.8 Å². The maximum absolute atomic E-state index is 5.74. The third kappa shape index (κ3) is 2.47. The van der Waals surface area contributed by atoms with Crippen LogP contribution in [0, 0.1) is 0 Å². The van der Waals surface area contributed by atoms with E-state index in [0.29, 0.717) is 12.3 Å². The van der Waals surface area contributed by atoms with Gasteiger partial charge in [0.2, 0.25) is 0 Å². The summed E-state index contributed by atoms with van der Waals surface area (Å²) < 4.78 is 10.5. The topological polar surface area (TPSA) is 40.0 Å². The van der Waals surface area contributed by atoms with Gasteiger partial charge in [0.25, 0.3) is 0 Å². The summed E-state index contributed by atoms with van der Waals surface area (Å²) in [7, 11) is 3.25. The molecule has 92 valence electrons. The van der Waals surface area contributed by atoms with Crippen molar-refractivity contribution in [1.29, 1.82) is 0 Å². The molecular weight excluding hydrogens is 242 g/mol. The molecule has 5 heteroatoms. The zero-order chi connectivity index (χ0) is 12.3. The predicted octanol–water partition coefficient (Wildman–Crippen LogP) is 2.44. The molecule has 1 atom stereocenters. The van der Waals surface area contributed by atoms with Crippen LogP contribution in [0.1, 0.15) is 12.0 Å². The first-order valence-corrected chi connectivity index (χ1v) is 5.83. The molecule has 0 aliphatic carbocycles. The summed E-state index contributed by atoms with van der Waals surface area (Å²) in [4.78, 5) is 5.20. The van der Waals surface area contributed by atoms with Crippen molar-refractivity contribution in [2.24, 2.45) is 5.16 Å². The summed E-state index contributed by atoms with van der Waals surface area (Å²) in [6.07, 6.45) is 0.634. The summed E-state index contributed by atoms with van der Waals surface area (Å²) in [5, 5.41) is 4.04. The monoisotopic (exact) mass is 255 g/mol. The second-order valence-electron chi connectivity index (χ2n) is 3.69. The molecule has 0 radical (unpaired) electrons. The fraction of sp³-hybridized carbons (Fsp3) is 0.417. The van der Waals surface area contributed by atoms with E-state index in [1.807, 2.05) is 18.2 Å². The van der Waals surface area contributed by atoms with Gasteiger partial charge in [0.1, 0.15) is 17.6 Å². The zero-order valence-corrected chi connectivity index (χ0v) is 10.5. The maximum Gasteiger partial charge on any atom is 0.146 e. The molecule has 0 aromatic heterocycles. The quantitative estimate of drug-likeness (QED) is 0.776. The SMILES string of the molecule is COc1ccc(OC)c(C2=NOC(CCl)C2)c1. The van der Waals surface area contributed by atoms with Gasteiger partial charge in [-0.05, 0) is 18.2 Å². The minimum atomic E-state index is -0.0532. The highest BCUT2D eigenvalue weighted by Crippen LogP contribution is 2.28. The number of benzene rings is 1. The highest BCUT2D eigenvalue weighted by atomic mass is 35.5. The van der Waals surface area contributed by atoms with E-state index in [1.165, 1.54) is 0 Å². The first-order valence-electron chi connectivity index (χ1n) is 5.29. The number of ether oxygens (including phenoxy) is 2. The van der Waals surface area contributed by atoms with Gasteiger partial charge in [0.15, 0.2) is 0 Å². The van der Waals surface area contributed by atoms with Gasteiger partial charge < -0.3 is 14.3 Å². The molecule has 0 amide bonds. The molecule has 0 saturated carbocycles. The molecule has 1 aliphatic rings. The minimum absolute atomic E-state index is 0.0532. The van der Waals surface area contributed by atoms with E-state index in [-0.39, 0.29) is 6.10 Å². The van der Waals surface area contributed by atoms with E-state index in [4.69, 9.17) is 25.9 Å². The Morgan fingerprint density at radius 1 is 1.41 bits per heavy atom. The zero-order valence-electron chi connectivity index (χ0n) is 9.77. The van der Waals surface area contributed by atoms with Crippen molar-refractivity contribution < 1.29 is 14.3 Å². The average Bonchev–Trinajstić information content (AvgIpc) is 2.86. The van der Waals surface area contributed by atoms with E-state index in [1.54, 1.807) is 14.2 Å². The van der Waals surface area contributed by atoms with Crippen LogP contribution in [-0.4, -0.2) is 31.9 Å². The number of methoxy groups -OCH3 is 2. The highest BCUT2D eigenvalue weighted by molar-refractivity contribution is 6.18. The molecule has 17 heavy (non-hydrogen) atoms. The Balaban J connectivity index is 2.30. The van der Waals surface area contributed by atoms with Crippen LogP contribution in [0.25, 0.3) is 0 Å². The molecule has 0 saturated heterocycles. The van der Waals surface area contributed by atoms with Crippen molar-refractivity contribution in [2.45, 2.75) is 12.5 Å². The Morgan fingerprint density at radius 3 is 2.82 bits per heavy atom. The van der Waals surface area contributed by atoms with Crippen LogP contribution in [0.5, 0.6) is 11.5 Å². The van der Waals surface area contributed by atoms with E-state index < -0.39 is 0 Å². The van der Waals surface area contributed by atoms with Crippen LogP contribution in [0.4, 0.5) is 0 Å². The molecule has 4 nitrogen and oxygen atoms in total. The van der Waals surface area contributed by atoms with Gasteiger partial charge in [-0.1, -0.05) is 5.16 Å². The predicted molar refractivity (Wildman–Crippen MR) is 66.3 cm³/mol. The lowest BCUT2D eigenvalue weighted by molar-refractivity contribution is 0.102. The second kappa shape index (κ2) is 5.27. The Morgan fingerprint density at radius 2 is 2.24 bits per heavy atom. The standard InChI is InChI=1S/C12H14ClNO3/c1-15-8-3-4-12(16-2)10(5-8)11-6-9(7-13)17-14-11/h3-5,9H,6-7H2,1-2H3. The molecule has 1 aromatic rings. The minimum Gasteiger partial charge on any atom is -0.497 e. The lowest BCUT2D eigenvalue weighted by Crippen LogP contribution is -2.10. The van der Waals surface area contributed by atoms with Gasteiger partial charge >= 0.3 is 0 Å². The third-order valence-corrected chi connectivity index (χ3v) is 2.97. The van der Waals surface area contributed by atoms with Gasteiger partial charge in [0, 0.05) is 12.0 Å². The number of nitrogens with zero attached hydrogens (tertiary/aromatic N) is 1. The average molecular weight is 256 g/mol. The smallest absolute Gasteiger partial charge is 0.146 e. The normalized spacial score (nSPS) is 18.5. The Bertz CT molecular complexity index is 434. The second-order valence-corrected chi connectivity index (χ2v) is 4.00. The summed E-state index contributed by atoms with van der Waals surface area (Å²) in [6.45, 7) is 0. The number of hydrogen-bond donors (Lipinski definition) is 0. The fourth-order valence-electron chi connectivity index (χ4n) is 1.71. The van der Waals surface area contributed by atoms with Gasteiger partial charge in [-0.15, -0.1) is 11.6 Å². The third-order valence-electron chi connectivity index (χ3n) is 2.62. The Labute approximate surface area is 105 Å². The van der Waals surface area contributed by atoms with E-state index >= 15 is 0 Å². The first kappa shape index (κ1) is 12.0. The molecule has 0 N–H and O–H groups in total. The van der Waals surface area contributed by atoms with Crippen LogP contribution in [0.3, 0.4) is 0 Å². The number of oxime groups is 1. The van der Waals surface area contributed by atoms with E-state index in [9.17, 15) is 0 Å². The molecule has 0 fully saturated rings. The number of hydrogen-bond acceptors (Lipinski definition) is 4. The summed E-state index contributed by atoms with van der Waals surface area (Å²) in [6, 6.07) is 5.58. The molecule has 2 rings (SSSR count). The molecule has 0 bridgehead atoms. The van der Waals surface area contributed by atoms with Crippen molar-refractivity contribution in [3.8, 4) is 11.5 Å². The Kier molecular flexibility index (Phi) is 3.74. The van der Waals surface area contributed by atoms with Gasteiger partial charge in [-0.3, -0.25) is 0 Å². The maximum atomic E-state index is 5.74. The van der Waals surface area contributed by atoms with Crippen LogP contribution in [0.2, 0.25) is 0 Å². The van der Waals surface area contributed by atoms with Crippen LogP contribution < -0.4 is 9.47 Å². The van der Waals surface area contributed by atoms with Crippen LogP contribution >= 0.6 is 11.6 Å². The lowest BCUT2D eigenvalue weighted by atomic mass is 10.0. The van der Waals surface area contributed by atoms with Crippen molar-refractivity contribution in [3.63, 3.8) is 0 Å². The van der Waals surface area contributed by atoms with Crippen LogP contribution in [0.15, 0.2) is 23.4 Å². The fourth-order valence-corrected chi connectivity index (χ4v) is 1.88. The first-order chi connectivity index (χ1) is 8.28. The number of alkyl halides is 1. The van der Waals surface area contributed by atoms with Crippen molar-refractivity contribution >= 4 is 17.3 Å². The number of rotatable bonds is 4.